The molecule has 0 aliphatic heterocycles. The van der Waals surface area contributed by atoms with Gasteiger partial charge >= 0.3 is 5.97 Å². The summed E-state index contributed by atoms with van der Waals surface area (Å²) >= 11 is 0. The van der Waals surface area contributed by atoms with Gasteiger partial charge in [-0.15, -0.1) is 0 Å². The summed E-state index contributed by atoms with van der Waals surface area (Å²) in [5, 5.41) is 30.8. The van der Waals surface area contributed by atoms with Crippen molar-refractivity contribution in [3.05, 3.63) is 0 Å². The highest BCUT2D eigenvalue weighted by molar-refractivity contribution is 5.66. The molecule has 0 aliphatic carbocycles. The second kappa shape index (κ2) is 25.4. The fraction of sp³-hybridized carbons (Fsp3) is 0.905. The standard InChI is InChI=1S/C21H41NO11/c23-5-1-6-28-8-10-30-12-14-32-16-17-33-15-13-31-11-9-29-7-4-22-18-20(25)19(24)2-3-21(26)27/h5,19-20,22,24-25H,1-4,6-18H2,(H,26,27). The fourth-order valence-electron chi connectivity index (χ4n) is 2.33. The van der Waals surface area contributed by atoms with Gasteiger partial charge in [0.1, 0.15) is 6.29 Å². The molecule has 0 bridgehead atoms. The number of ether oxygens (including phenoxy) is 6. The normalized spacial score (nSPS) is 13.2. The molecular formula is C21H41NO11. The Morgan fingerprint density at radius 2 is 1.12 bits per heavy atom. The van der Waals surface area contributed by atoms with E-state index in [0.29, 0.717) is 92.2 Å². The van der Waals surface area contributed by atoms with Gasteiger partial charge in [0.25, 0.3) is 0 Å². The molecule has 12 nitrogen and oxygen atoms in total. The number of carboxylic acid groups (broad SMARTS) is 1. The zero-order valence-corrected chi connectivity index (χ0v) is 19.4. The first-order valence-corrected chi connectivity index (χ1v) is 11.3. The van der Waals surface area contributed by atoms with Gasteiger partial charge in [-0.1, -0.05) is 0 Å². The molecule has 0 aromatic rings. The third-order valence-electron chi connectivity index (χ3n) is 4.11. The van der Waals surface area contributed by atoms with Crippen molar-refractivity contribution in [2.45, 2.75) is 31.5 Å². The molecule has 4 N–H and O–H groups in total. The summed E-state index contributed by atoms with van der Waals surface area (Å²) in [6.45, 7) is 6.11. The number of hydrogen-bond acceptors (Lipinski definition) is 11. The molecule has 2 atom stereocenters. The van der Waals surface area contributed by atoms with Crippen LogP contribution in [0.25, 0.3) is 0 Å². The van der Waals surface area contributed by atoms with Crippen molar-refractivity contribution in [2.24, 2.45) is 0 Å². The number of aliphatic hydroxyl groups excluding tert-OH is 2. The molecular weight excluding hydrogens is 442 g/mol. The number of aliphatic hydroxyl groups is 2. The minimum atomic E-state index is -1.07. The van der Waals surface area contributed by atoms with Crippen LogP contribution in [0.1, 0.15) is 19.3 Å². The zero-order chi connectivity index (χ0) is 24.4. The summed E-state index contributed by atoms with van der Waals surface area (Å²) < 4.78 is 32.0. The summed E-state index contributed by atoms with van der Waals surface area (Å²) in [6, 6.07) is 0. The summed E-state index contributed by atoms with van der Waals surface area (Å²) in [5.41, 5.74) is 0. The minimum Gasteiger partial charge on any atom is -0.481 e. The third-order valence-corrected chi connectivity index (χ3v) is 4.11. The molecule has 0 saturated heterocycles. The molecule has 0 aromatic heterocycles. The summed E-state index contributed by atoms with van der Waals surface area (Å²) in [6.07, 6.45) is -1.03. The maximum atomic E-state index is 10.4. The van der Waals surface area contributed by atoms with Gasteiger partial charge in [-0.25, -0.2) is 0 Å². The van der Waals surface area contributed by atoms with Gasteiger partial charge in [0.2, 0.25) is 0 Å². The topological polar surface area (TPSA) is 162 Å². The van der Waals surface area contributed by atoms with Crippen LogP contribution >= 0.6 is 0 Å². The highest BCUT2D eigenvalue weighted by Gasteiger charge is 2.16. The molecule has 0 heterocycles. The Labute approximate surface area is 195 Å². The van der Waals surface area contributed by atoms with Crippen LogP contribution in [0.2, 0.25) is 0 Å². The van der Waals surface area contributed by atoms with Crippen LogP contribution in [-0.2, 0) is 38.0 Å². The maximum absolute atomic E-state index is 10.4. The number of carboxylic acids is 1. The molecule has 0 fully saturated rings. The Balaban J connectivity index is 3.17. The lowest BCUT2D eigenvalue weighted by molar-refractivity contribution is -0.138. The summed E-state index contributed by atoms with van der Waals surface area (Å²) in [7, 11) is 0. The van der Waals surface area contributed by atoms with Crippen molar-refractivity contribution in [3.8, 4) is 0 Å². The van der Waals surface area contributed by atoms with E-state index in [4.69, 9.17) is 33.5 Å². The third kappa shape index (κ3) is 25.2. The molecule has 196 valence electrons. The minimum absolute atomic E-state index is 0.0134. The van der Waals surface area contributed by atoms with E-state index in [1.807, 2.05) is 0 Å². The lowest BCUT2D eigenvalue weighted by Crippen LogP contribution is -2.37. The lowest BCUT2D eigenvalue weighted by atomic mass is 10.1. The number of nitrogens with one attached hydrogen (secondary N) is 1. The molecule has 0 spiro atoms. The molecule has 0 radical (unpaired) electrons. The Morgan fingerprint density at radius 3 is 1.55 bits per heavy atom. The summed E-state index contributed by atoms with van der Waals surface area (Å²) in [4.78, 5) is 20.5. The van der Waals surface area contributed by atoms with Crippen LogP contribution in [0, 0.1) is 0 Å². The fourth-order valence-corrected chi connectivity index (χ4v) is 2.33. The quantitative estimate of drug-likeness (QED) is 0.0821. The molecule has 0 saturated carbocycles. The SMILES string of the molecule is O=CCCOCCOCCOCCOCCOCCOCCNCC(O)C(O)CCC(=O)O. The molecule has 0 aliphatic rings. The molecule has 12 heteroatoms. The highest BCUT2D eigenvalue weighted by atomic mass is 16.6. The van der Waals surface area contributed by atoms with E-state index < -0.39 is 18.2 Å². The maximum Gasteiger partial charge on any atom is 0.303 e. The van der Waals surface area contributed by atoms with Crippen LogP contribution in [0.5, 0.6) is 0 Å². The van der Waals surface area contributed by atoms with Gasteiger partial charge < -0.3 is 53.9 Å². The predicted molar refractivity (Wildman–Crippen MR) is 117 cm³/mol. The van der Waals surface area contributed by atoms with Crippen LogP contribution in [0.4, 0.5) is 0 Å². The van der Waals surface area contributed by atoms with Gasteiger partial charge in [-0.05, 0) is 6.42 Å². The second-order valence-corrected chi connectivity index (χ2v) is 6.90. The molecule has 0 amide bonds. The number of carbonyl (C=O) groups is 2. The first kappa shape index (κ1) is 31.8. The predicted octanol–water partition coefficient (Wildman–Crippen LogP) is -1.15. The number of rotatable bonds is 27. The van der Waals surface area contributed by atoms with E-state index in [1.54, 1.807) is 0 Å². The Hall–Kier alpha value is -1.22. The van der Waals surface area contributed by atoms with E-state index in [0.717, 1.165) is 6.29 Å². The second-order valence-electron chi connectivity index (χ2n) is 6.90. The Bertz CT molecular complexity index is 442. The number of aldehydes is 1. The average molecular weight is 484 g/mol. The number of aliphatic carboxylic acids is 1. The van der Waals surface area contributed by atoms with E-state index in [9.17, 15) is 19.8 Å². The first-order valence-electron chi connectivity index (χ1n) is 11.3. The Kier molecular flexibility index (Phi) is 24.5. The van der Waals surface area contributed by atoms with Crippen molar-refractivity contribution in [1.29, 1.82) is 0 Å². The Morgan fingerprint density at radius 1 is 0.697 bits per heavy atom. The van der Waals surface area contributed by atoms with E-state index in [1.165, 1.54) is 0 Å². The van der Waals surface area contributed by atoms with E-state index in [-0.39, 0.29) is 19.4 Å². The largest absolute Gasteiger partial charge is 0.481 e. The van der Waals surface area contributed by atoms with Crippen LogP contribution < -0.4 is 5.32 Å². The smallest absolute Gasteiger partial charge is 0.303 e. The molecule has 33 heavy (non-hydrogen) atoms. The van der Waals surface area contributed by atoms with Crippen molar-refractivity contribution in [3.63, 3.8) is 0 Å². The van der Waals surface area contributed by atoms with Gasteiger partial charge in [0.15, 0.2) is 0 Å². The van der Waals surface area contributed by atoms with Crippen LogP contribution in [0.3, 0.4) is 0 Å². The van der Waals surface area contributed by atoms with E-state index >= 15 is 0 Å². The lowest BCUT2D eigenvalue weighted by Gasteiger charge is -2.17. The van der Waals surface area contributed by atoms with Crippen molar-refractivity contribution >= 4 is 12.3 Å². The van der Waals surface area contributed by atoms with Crippen molar-refractivity contribution < 1.29 is 53.3 Å². The molecule has 2 unspecified atom stereocenters. The summed E-state index contributed by atoms with van der Waals surface area (Å²) in [5.74, 6) is -1.00. The first-order chi connectivity index (χ1) is 16.1. The molecule has 0 rings (SSSR count). The number of hydrogen-bond donors (Lipinski definition) is 4. The monoisotopic (exact) mass is 483 g/mol. The molecule has 0 aromatic carbocycles. The van der Waals surface area contributed by atoms with E-state index in [2.05, 4.69) is 5.32 Å². The van der Waals surface area contributed by atoms with Gasteiger partial charge in [0.05, 0.1) is 91.5 Å². The zero-order valence-electron chi connectivity index (χ0n) is 19.4. The highest BCUT2D eigenvalue weighted by Crippen LogP contribution is 2.02. The van der Waals surface area contributed by atoms with Crippen LogP contribution in [0.15, 0.2) is 0 Å². The van der Waals surface area contributed by atoms with Gasteiger partial charge in [-0.3, -0.25) is 4.79 Å². The average Bonchev–Trinajstić information content (AvgIpc) is 2.80. The number of carbonyl (C=O) groups excluding carboxylic acids is 1. The van der Waals surface area contributed by atoms with Crippen LogP contribution in [-0.4, -0.2) is 132 Å². The van der Waals surface area contributed by atoms with Gasteiger partial charge in [0, 0.05) is 25.9 Å². The van der Waals surface area contributed by atoms with Gasteiger partial charge in [-0.2, -0.15) is 0 Å². The van der Waals surface area contributed by atoms with Crippen molar-refractivity contribution in [1.82, 2.24) is 5.32 Å². The van der Waals surface area contributed by atoms with Crippen molar-refractivity contribution in [2.75, 3.05) is 92.4 Å².